The fraction of sp³-hybridized carbons (Fsp3) is 0. The molecular weight excluding hydrogens is 308 g/mol. The Bertz CT molecular complexity index is 1310. The molecule has 5 aromatic rings. The van der Waals surface area contributed by atoms with Crippen molar-refractivity contribution in [3.8, 4) is 17.3 Å². The summed E-state index contributed by atoms with van der Waals surface area (Å²) in [5.41, 5.74) is 4.91. The van der Waals surface area contributed by atoms with Crippen LogP contribution in [0.5, 0.6) is 0 Å². The van der Waals surface area contributed by atoms with Crippen molar-refractivity contribution in [1.29, 1.82) is 5.26 Å². The van der Waals surface area contributed by atoms with Crippen LogP contribution in [0.3, 0.4) is 0 Å². The summed E-state index contributed by atoms with van der Waals surface area (Å²) in [6.07, 6.45) is 0. The van der Waals surface area contributed by atoms with Gasteiger partial charge in [-0.25, -0.2) is 4.98 Å². The Morgan fingerprint density at radius 2 is 1.76 bits per heavy atom. The highest BCUT2D eigenvalue weighted by Crippen LogP contribution is 2.35. The van der Waals surface area contributed by atoms with E-state index in [0.717, 1.165) is 44.1 Å². The molecule has 0 aliphatic carbocycles. The van der Waals surface area contributed by atoms with Crippen LogP contribution in [0.2, 0.25) is 0 Å². The number of hydrogen-bond acceptors (Lipinski definition) is 3. The van der Waals surface area contributed by atoms with Crippen LogP contribution in [0.1, 0.15) is 5.56 Å². The molecular formula is C22H12N2O. The smallest absolute Gasteiger partial charge is 0.144 e. The summed E-state index contributed by atoms with van der Waals surface area (Å²) in [7, 11) is 0. The number of rotatable bonds is 1. The predicted octanol–water partition coefficient (Wildman–Crippen LogP) is 5.67. The monoisotopic (exact) mass is 320 g/mol. The van der Waals surface area contributed by atoms with Gasteiger partial charge in [0.15, 0.2) is 0 Å². The van der Waals surface area contributed by atoms with Gasteiger partial charge in [0, 0.05) is 21.7 Å². The zero-order valence-corrected chi connectivity index (χ0v) is 13.2. The fourth-order valence-electron chi connectivity index (χ4n) is 3.29. The molecule has 116 valence electrons. The highest BCUT2D eigenvalue weighted by molar-refractivity contribution is 6.09. The molecule has 0 aliphatic rings. The first-order chi connectivity index (χ1) is 12.3. The topological polar surface area (TPSA) is 49.8 Å². The van der Waals surface area contributed by atoms with Gasteiger partial charge in [0.25, 0.3) is 0 Å². The summed E-state index contributed by atoms with van der Waals surface area (Å²) in [6, 6.07) is 25.9. The van der Waals surface area contributed by atoms with E-state index in [-0.39, 0.29) is 0 Å². The van der Waals surface area contributed by atoms with E-state index >= 15 is 0 Å². The molecule has 0 fully saturated rings. The minimum atomic E-state index is 0.594. The molecule has 0 radical (unpaired) electrons. The Morgan fingerprint density at radius 3 is 2.68 bits per heavy atom. The number of furan rings is 1. The molecule has 3 aromatic carbocycles. The quantitative estimate of drug-likeness (QED) is 0.399. The number of aromatic nitrogens is 1. The first-order valence-corrected chi connectivity index (χ1v) is 8.05. The Morgan fingerprint density at radius 1 is 0.840 bits per heavy atom. The predicted molar refractivity (Wildman–Crippen MR) is 99.2 cm³/mol. The normalized spacial score (nSPS) is 11.2. The molecule has 5 rings (SSSR count). The molecule has 2 aromatic heterocycles. The molecule has 0 unspecified atom stereocenters. The molecule has 25 heavy (non-hydrogen) atoms. The van der Waals surface area contributed by atoms with E-state index in [1.165, 1.54) is 0 Å². The average molecular weight is 320 g/mol. The molecule has 0 amide bonds. The van der Waals surface area contributed by atoms with E-state index in [1.807, 2.05) is 54.6 Å². The fourth-order valence-corrected chi connectivity index (χ4v) is 3.29. The molecule has 0 spiro atoms. The lowest BCUT2D eigenvalue weighted by Crippen LogP contribution is -1.85. The van der Waals surface area contributed by atoms with Crippen LogP contribution in [-0.4, -0.2) is 4.98 Å². The van der Waals surface area contributed by atoms with Gasteiger partial charge in [-0.05, 0) is 36.4 Å². The van der Waals surface area contributed by atoms with Crippen LogP contribution in [0.15, 0.2) is 77.2 Å². The van der Waals surface area contributed by atoms with Crippen LogP contribution in [0, 0.1) is 11.3 Å². The molecule has 0 N–H and O–H groups in total. The van der Waals surface area contributed by atoms with Crippen molar-refractivity contribution < 1.29 is 4.42 Å². The number of benzene rings is 3. The van der Waals surface area contributed by atoms with Crippen molar-refractivity contribution in [2.24, 2.45) is 0 Å². The van der Waals surface area contributed by atoms with Crippen molar-refractivity contribution in [1.82, 2.24) is 4.98 Å². The number of hydrogen-bond donors (Lipinski definition) is 0. The van der Waals surface area contributed by atoms with Gasteiger partial charge in [0.1, 0.15) is 11.2 Å². The maximum Gasteiger partial charge on any atom is 0.144 e. The van der Waals surface area contributed by atoms with Gasteiger partial charge in [-0.2, -0.15) is 5.26 Å². The van der Waals surface area contributed by atoms with Gasteiger partial charge in [-0.3, -0.25) is 0 Å². The molecule has 0 saturated carbocycles. The summed E-state index contributed by atoms with van der Waals surface area (Å²) in [4.78, 5) is 4.79. The maximum atomic E-state index is 9.10. The Hall–Kier alpha value is -3.64. The lowest BCUT2D eigenvalue weighted by molar-refractivity contribution is 0.669. The summed E-state index contributed by atoms with van der Waals surface area (Å²) in [5.74, 6) is 0. The zero-order chi connectivity index (χ0) is 16.8. The van der Waals surface area contributed by atoms with E-state index in [4.69, 9.17) is 14.7 Å². The van der Waals surface area contributed by atoms with Crippen LogP contribution in [-0.2, 0) is 0 Å². The van der Waals surface area contributed by atoms with Crippen LogP contribution >= 0.6 is 0 Å². The largest absolute Gasteiger partial charge is 0.455 e. The van der Waals surface area contributed by atoms with Crippen molar-refractivity contribution >= 4 is 32.8 Å². The number of para-hydroxylation sites is 2. The minimum absolute atomic E-state index is 0.594. The highest BCUT2D eigenvalue weighted by Gasteiger charge is 2.13. The maximum absolute atomic E-state index is 9.10. The molecule has 0 aliphatic heterocycles. The third kappa shape index (κ3) is 2.09. The van der Waals surface area contributed by atoms with Gasteiger partial charge >= 0.3 is 0 Å². The molecule has 2 heterocycles. The molecule has 0 saturated heterocycles. The second kappa shape index (κ2) is 5.19. The summed E-state index contributed by atoms with van der Waals surface area (Å²) in [6.45, 7) is 0. The van der Waals surface area contributed by atoms with Crippen molar-refractivity contribution in [3.63, 3.8) is 0 Å². The lowest BCUT2D eigenvalue weighted by Gasteiger charge is -2.04. The van der Waals surface area contributed by atoms with Gasteiger partial charge in [-0.1, -0.05) is 36.4 Å². The number of nitriles is 1. The van der Waals surface area contributed by atoms with Crippen molar-refractivity contribution in [2.75, 3.05) is 0 Å². The van der Waals surface area contributed by atoms with Gasteiger partial charge in [0.2, 0.25) is 0 Å². The van der Waals surface area contributed by atoms with Gasteiger partial charge in [0.05, 0.1) is 22.8 Å². The van der Waals surface area contributed by atoms with E-state index in [1.54, 1.807) is 6.07 Å². The van der Waals surface area contributed by atoms with Crippen LogP contribution in [0.25, 0.3) is 44.1 Å². The molecule has 3 nitrogen and oxygen atoms in total. The van der Waals surface area contributed by atoms with Crippen molar-refractivity contribution in [2.45, 2.75) is 0 Å². The standard InChI is InChI=1S/C22H12N2O/c23-13-14-8-10-16-17-5-3-6-18(22(17)25-21(16)12-14)20-11-9-15-4-1-2-7-19(15)24-20/h1-12H. The van der Waals surface area contributed by atoms with E-state index in [2.05, 4.69) is 18.2 Å². The second-order valence-electron chi connectivity index (χ2n) is 6.00. The number of nitrogens with zero attached hydrogens (tertiary/aromatic N) is 2. The van der Waals surface area contributed by atoms with Crippen LogP contribution in [0.4, 0.5) is 0 Å². The third-order valence-electron chi connectivity index (χ3n) is 4.50. The van der Waals surface area contributed by atoms with Crippen LogP contribution < -0.4 is 0 Å². The minimum Gasteiger partial charge on any atom is -0.455 e. The Kier molecular flexibility index (Phi) is 2.86. The summed E-state index contributed by atoms with van der Waals surface area (Å²) in [5, 5.41) is 12.3. The molecule has 0 atom stereocenters. The van der Waals surface area contributed by atoms with E-state index in [0.29, 0.717) is 5.56 Å². The first kappa shape index (κ1) is 13.8. The van der Waals surface area contributed by atoms with E-state index < -0.39 is 0 Å². The SMILES string of the molecule is N#Cc1ccc2c(c1)oc1c(-c3ccc4ccccc4n3)cccc12. The van der Waals surface area contributed by atoms with Gasteiger partial charge in [-0.15, -0.1) is 0 Å². The number of pyridine rings is 1. The highest BCUT2D eigenvalue weighted by atomic mass is 16.3. The molecule has 0 bridgehead atoms. The second-order valence-corrected chi connectivity index (χ2v) is 6.00. The van der Waals surface area contributed by atoms with E-state index in [9.17, 15) is 0 Å². The summed E-state index contributed by atoms with van der Waals surface area (Å²) < 4.78 is 6.10. The average Bonchev–Trinajstić information content (AvgIpc) is 3.05. The third-order valence-corrected chi connectivity index (χ3v) is 4.50. The first-order valence-electron chi connectivity index (χ1n) is 8.05. The van der Waals surface area contributed by atoms with Crippen molar-refractivity contribution in [3.05, 3.63) is 78.4 Å². The lowest BCUT2D eigenvalue weighted by atomic mass is 10.0. The Labute approximate surface area is 143 Å². The summed E-state index contributed by atoms with van der Waals surface area (Å²) >= 11 is 0. The zero-order valence-electron chi connectivity index (χ0n) is 13.2. The number of fused-ring (bicyclic) bond motifs is 4. The Balaban J connectivity index is 1.81. The molecule has 3 heteroatoms. The van der Waals surface area contributed by atoms with Gasteiger partial charge < -0.3 is 4.42 Å².